The van der Waals surface area contributed by atoms with Gasteiger partial charge in [-0.25, -0.2) is 14.5 Å². The van der Waals surface area contributed by atoms with Crippen molar-refractivity contribution in [3.05, 3.63) is 52.3 Å². The molecule has 0 amide bonds. The van der Waals surface area contributed by atoms with Crippen LogP contribution in [0.5, 0.6) is 5.75 Å². The van der Waals surface area contributed by atoms with E-state index in [1.165, 1.54) is 13.2 Å². The van der Waals surface area contributed by atoms with Crippen LogP contribution in [0.25, 0.3) is 11.0 Å². The van der Waals surface area contributed by atoms with E-state index in [0.29, 0.717) is 17.2 Å². The number of ether oxygens (including phenoxy) is 2. The molecule has 0 unspecified atom stereocenters. The Bertz CT molecular complexity index is 949. The number of esters is 1. The van der Waals surface area contributed by atoms with Crippen LogP contribution < -0.4 is 4.74 Å². The molecule has 0 radical (unpaired) electrons. The van der Waals surface area contributed by atoms with Gasteiger partial charge in [0.1, 0.15) is 5.75 Å². The molecule has 3 rings (SSSR count). The summed E-state index contributed by atoms with van der Waals surface area (Å²) in [5.41, 5.74) is 2.61. The number of halogens is 1. The summed E-state index contributed by atoms with van der Waals surface area (Å²) in [5.74, 6) is 0.422. The minimum Gasteiger partial charge on any atom is -0.497 e. The predicted molar refractivity (Wildman–Crippen MR) is 100 cm³/mol. The Kier molecular flexibility index (Phi) is 5.13. The number of hydrogen-bond acceptors (Lipinski definition) is 5. The van der Waals surface area contributed by atoms with Crippen LogP contribution in [0.3, 0.4) is 0 Å². The predicted octanol–water partition coefficient (Wildman–Crippen LogP) is 4.05. The van der Waals surface area contributed by atoms with Gasteiger partial charge in [-0.2, -0.15) is 5.10 Å². The first-order valence-electron chi connectivity index (χ1n) is 8.22. The van der Waals surface area contributed by atoms with Gasteiger partial charge in [-0.15, -0.1) is 0 Å². The molecule has 0 saturated carbocycles. The number of pyridine rings is 1. The van der Waals surface area contributed by atoms with Gasteiger partial charge in [-0.3, -0.25) is 0 Å². The number of benzene rings is 1. The molecule has 2 aromatic heterocycles. The average Bonchev–Trinajstić information content (AvgIpc) is 3.01. The highest BCUT2D eigenvalue weighted by atomic mass is 35.5. The first-order valence-corrected chi connectivity index (χ1v) is 8.60. The van der Waals surface area contributed by atoms with Gasteiger partial charge in [-0.05, 0) is 29.7 Å². The summed E-state index contributed by atoms with van der Waals surface area (Å²) in [6, 6.07) is 9.25. The Morgan fingerprint density at radius 3 is 2.50 bits per heavy atom. The number of hydrogen-bond donors (Lipinski definition) is 0. The number of aromatic nitrogens is 3. The summed E-state index contributed by atoms with van der Waals surface area (Å²) >= 11 is 6.45. The zero-order valence-electron chi connectivity index (χ0n) is 15.1. The van der Waals surface area contributed by atoms with Gasteiger partial charge in [0.25, 0.3) is 0 Å². The second kappa shape index (κ2) is 7.33. The number of carbonyl (C=O) groups excluding carboxylic acids is 1. The van der Waals surface area contributed by atoms with Crippen LogP contribution in [0.1, 0.15) is 41.5 Å². The lowest BCUT2D eigenvalue weighted by Gasteiger charge is -2.06. The zero-order valence-corrected chi connectivity index (χ0v) is 15.9. The minimum atomic E-state index is -0.530. The quantitative estimate of drug-likeness (QED) is 0.631. The van der Waals surface area contributed by atoms with E-state index in [1.807, 2.05) is 38.1 Å². The molecule has 0 aliphatic carbocycles. The van der Waals surface area contributed by atoms with Crippen LogP contribution in [0.2, 0.25) is 5.02 Å². The fourth-order valence-electron chi connectivity index (χ4n) is 2.78. The molecule has 0 N–H and O–H groups in total. The Hall–Kier alpha value is -2.60. The number of fused-ring (bicyclic) bond motifs is 1. The fraction of sp³-hybridized carbons (Fsp3) is 0.316. The number of rotatable bonds is 5. The van der Waals surface area contributed by atoms with Crippen molar-refractivity contribution in [1.29, 1.82) is 0 Å². The molecule has 26 heavy (non-hydrogen) atoms. The van der Waals surface area contributed by atoms with E-state index in [-0.39, 0.29) is 11.6 Å². The highest BCUT2D eigenvalue weighted by molar-refractivity contribution is 6.35. The molecular weight excluding hydrogens is 354 g/mol. The molecule has 136 valence electrons. The third kappa shape index (κ3) is 3.37. The number of carbonyl (C=O) groups is 1. The van der Waals surface area contributed by atoms with Gasteiger partial charge in [0.15, 0.2) is 11.3 Å². The van der Waals surface area contributed by atoms with Crippen molar-refractivity contribution in [3.63, 3.8) is 0 Å². The van der Waals surface area contributed by atoms with E-state index >= 15 is 0 Å². The highest BCUT2D eigenvalue weighted by Gasteiger charge is 2.21. The third-order valence-corrected chi connectivity index (χ3v) is 4.41. The standard InChI is InChI=1S/C19H20ClN3O3/c1-11(2)17-16-14(20)9-15(19(24)26-4)21-18(16)23(22-17)10-12-5-7-13(25-3)8-6-12/h5-9,11H,10H2,1-4H3. The average molecular weight is 374 g/mol. The molecule has 0 aliphatic rings. The van der Waals surface area contributed by atoms with Gasteiger partial charge in [0.05, 0.1) is 36.9 Å². The van der Waals surface area contributed by atoms with Crippen molar-refractivity contribution in [2.45, 2.75) is 26.3 Å². The summed E-state index contributed by atoms with van der Waals surface area (Å²) < 4.78 is 11.7. The molecule has 0 saturated heterocycles. The Morgan fingerprint density at radius 1 is 1.23 bits per heavy atom. The molecule has 3 aromatic rings. The normalized spacial score (nSPS) is 11.2. The van der Waals surface area contributed by atoms with Crippen molar-refractivity contribution in [1.82, 2.24) is 14.8 Å². The van der Waals surface area contributed by atoms with E-state index in [0.717, 1.165) is 22.4 Å². The molecule has 0 fully saturated rings. The van der Waals surface area contributed by atoms with Crippen LogP contribution in [0.4, 0.5) is 0 Å². The lowest BCUT2D eigenvalue weighted by Crippen LogP contribution is -2.07. The first kappa shape index (κ1) is 18.2. The second-order valence-electron chi connectivity index (χ2n) is 6.23. The van der Waals surface area contributed by atoms with Crippen LogP contribution in [-0.2, 0) is 11.3 Å². The van der Waals surface area contributed by atoms with Gasteiger partial charge >= 0.3 is 5.97 Å². The molecule has 6 nitrogen and oxygen atoms in total. The summed E-state index contributed by atoms with van der Waals surface area (Å²) in [5, 5.41) is 5.91. The maximum Gasteiger partial charge on any atom is 0.356 e. The number of methoxy groups -OCH3 is 2. The molecular formula is C19H20ClN3O3. The molecule has 7 heteroatoms. The number of nitrogens with zero attached hydrogens (tertiary/aromatic N) is 3. The maximum atomic E-state index is 11.9. The SMILES string of the molecule is COC(=O)c1cc(Cl)c2c(C(C)C)nn(Cc3ccc(OC)cc3)c2n1. The van der Waals surface area contributed by atoms with E-state index < -0.39 is 5.97 Å². The monoisotopic (exact) mass is 373 g/mol. The van der Waals surface area contributed by atoms with Gasteiger partial charge in [-0.1, -0.05) is 37.6 Å². The van der Waals surface area contributed by atoms with Crippen LogP contribution in [0.15, 0.2) is 30.3 Å². The summed E-state index contributed by atoms with van der Waals surface area (Å²) in [4.78, 5) is 16.4. The summed E-state index contributed by atoms with van der Waals surface area (Å²) in [7, 11) is 2.95. The van der Waals surface area contributed by atoms with Crippen molar-refractivity contribution in [2.75, 3.05) is 14.2 Å². The summed E-state index contributed by atoms with van der Waals surface area (Å²) in [6.07, 6.45) is 0. The molecule has 0 spiro atoms. The molecule has 2 heterocycles. The van der Waals surface area contributed by atoms with E-state index in [2.05, 4.69) is 4.98 Å². The van der Waals surface area contributed by atoms with E-state index in [4.69, 9.17) is 26.2 Å². The largest absolute Gasteiger partial charge is 0.497 e. The van der Waals surface area contributed by atoms with Gasteiger partial charge in [0.2, 0.25) is 0 Å². The Morgan fingerprint density at radius 2 is 1.92 bits per heavy atom. The topological polar surface area (TPSA) is 66.2 Å². The Balaban J connectivity index is 2.13. The third-order valence-electron chi connectivity index (χ3n) is 4.11. The van der Waals surface area contributed by atoms with Crippen molar-refractivity contribution in [2.24, 2.45) is 0 Å². The van der Waals surface area contributed by atoms with E-state index in [9.17, 15) is 4.79 Å². The molecule has 0 bridgehead atoms. The van der Waals surface area contributed by atoms with E-state index in [1.54, 1.807) is 11.8 Å². The fourth-order valence-corrected chi connectivity index (χ4v) is 3.06. The van der Waals surface area contributed by atoms with Crippen molar-refractivity contribution >= 4 is 28.6 Å². The lowest BCUT2D eigenvalue weighted by atomic mass is 10.1. The minimum absolute atomic E-state index is 0.163. The van der Waals surface area contributed by atoms with Crippen LogP contribution in [0, 0.1) is 0 Å². The first-order chi connectivity index (χ1) is 12.4. The second-order valence-corrected chi connectivity index (χ2v) is 6.63. The van der Waals surface area contributed by atoms with Gasteiger partial charge < -0.3 is 9.47 Å². The Labute approximate surface area is 156 Å². The molecule has 0 aliphatic heterocycles. The maximum absolute atomic E-state index is 11.9. The smallest absolute Gasteiger partial charge is 0.356 e. The van der Waals surface area contributed by atoms with Gasteiger partial charge in [0, 0.05) is 0 Å². The molecule has 1 aromatic carbocycles. The zero-order chi connectivity index (χ0) is 18.8. The highest BCUT2D eigenvalue weighted by Crippen LogP contribution is 2.31. The van der Waals surface area contributed by atoms with Crippen LogP contribution in [-0.4, -0.2) is 35.0 Å². The van der Waals surface area contributed by atoms with Crippen molar-refractivity contribution < 1.29 is 14.3 Å². The van der Waals surface area contributed by atoms with Crippen LogP contribution >= 0.6 is 11.6 Å². The summed E-state index contributed by atoms with van der Waals surface area (Å²) in [6.45, 7) is 4.59. The molecule has 0 atom stereocenters. The lowest BCUT2D eigenvalue weighted by molar-refractivity contribution is 0.0594. The van der Waals surface area contributed by atoms with Crippen molar-refractivity contribution in [3.8, 4) is 5.75 Å².